The van der Waals surface area contributed by atoms with Crippen molar-refractivity contribution in [3.8, 4) is 0 Å². The number of aromatic nitrogens is 2. The number of thioether (sulfide) groups is 1. The summed E-state index contributed by atoms with van der Waals surface area (Å²) in [6.07, 6.45) is 5.07. The van der Waals surface area contributed by atoms with Gasteiger partial charge in [0.15, 0.2) is 0 Å². The zero-order valence-electron chi connectivity index (χ0n) is 11.1. The van der Waals surface area contributed by atoms with Crippen LogP contribution >= 0.6 is 23.4 Å². The summed E-state index contributed by atoms with van der Waals surface area (Å²) in [6.45, 7) is 0. The number of nitrogens with two attached hydrogens (primary N) is 1. The molecule has 2 aromatic rings. The largest absolute Gasteiger partial charge is 0.324 e. The molecule has 0 spiro atoms. The van der Waals surface area contributed by atoms with Gasteiger partial charge in [-0.2, -0.15) is 0 Å². The maximum Gasteiger partial charge on any atom is 0.138 e. The molecular formula is C15H16ClN3S. The van der Waals surface area contributed by atoms with Crippen molar-refractivity contribution in [1.29, 1.82) is 0 Å². The van der Waals surface area contributed by atoms with Crippen LogP contribution in [-0.4, -0.2) is 9.97 Å². The number of nitrogens with zero attached hydrogens (tertiary/aromatic N) is 2. The third-order valence-corrected chi connectivity index (χ3v) is 4.67. The Hall–Kier alpha value is -1.10. The molecule has 0 saturated carbocycles. The number of hydrogen-bond acceptors (Lipinski definition) is 4. The highest BCUT2D eigenvalue weighted by molar-refractivity contribution is 7.98. The van der Waals surface area contributed by atoms with Crippen LogP contribution in [0.2, 0.25) is 5.02 Å². The van der Waals surface area contributed by atoms with Crippen molar-refractivity contribution >= 4 is 23.4 Å². The second kappa shape index (κ2) is 6.12. The molecule has 3 rings (SSSR count). The van der Waals surface area contributed by atoms with Gasteiger partial charge in [-0.05, 0) is 37.5 Å². The van der Waals surface area contributed by atoms with Gasteiger partial charge in [0.25, 0.3) is 0 Å². The van der Waals surface area contributed by atoms with E-state index in [0.29, 0.717) is 0 Å². The Morgan fingerprint density at radius 1 is 1.40 bits per heavy atom. The van der Waals surface area contributed by atoms with E-state index in [1.807, 2.05) is 30.5 Å². The summed E-state index contributed by atoms with van der Waals surface area (Å²) in [5.74, 6) is 1.62. The van der Waals surface area contributed by atoms with Crippen molar-refractivity contribution in [2.75, 3.05) is 0 Å². The van der Waals surface area contributed by atoms with Gasteiger partial charge in [0.2, 0.25) is 0 Å². The molecule has 1 atom stereocenters. The SMILES string of the molecule is NC1CCCc2nc(CSc3cccc(Cl)c3)ncc21. The fourth-order valence-electron chi connectivity index (χ4n) is 2.40. The van der Waals surface area contributed by atoms with Crippen molar-refractivity contribution in [3.63, 3.8) is 0 Å². The van der Waals surface area contributed by atoms with Gasteiger partial charge in [0.05, 0.1) is 5.75 Å². The molecule has 0 fully saturated rings. The van der Waals surface area contributed by atoms with E-state index in [1.165, 1.54) is 0 Å². The summed E-state index contributed by atoms with van der Waals surface area (Å²) in [4.78, 5) is 10.2. The molecule has 5 heteroatoms. The third-order valence-electron chi connectivity index (χ3n) is 3.44. The molecule has 0 radical (unpaired) electrons. The van der Waals surface area contributed by atoms with Crippen LogP contribution in [0.4, 0.5) is 0 Å². The molecule has 20 heavy (non-hydrogen) atoms. The Kier molecular flexibility index (Phi) is 4.24. The maximum atomic E-state index is 6.08. The number of rotatable bonds is 3. The topological polar surface area (TPSA) is 51.8 Å². The molecule has 1 aliphatic carbocycles. The summed E-state index contributed by atoms with van der Waals surface area (Å²) in [5.41, 5.74) is 8.32. The molecule has 0 bridgehead atoms. The van der Waals surface area contributed by atoms with E-state index in [1.54, 1.807) is 11.8 Å². The molecule has 1 unspecified atom stereocenters. The zero-order valence-corrected chi connectivity index (χ0v) is 12.6. The van der Waals surface area contributed by atoms with E-state index in [4.69, 9.17) is 17.3 Å². The van der Waals surface area contributed by atoms with Gasteiger partial charge in [-0.3, -0.25) is 0 Å². The Bertz CT molecular complexity index is 618. The van der Waals surface area contributed by atoms with Gasteiger partial charge in [-0.15, -0.1) is 11.8 Å². The summed E-state index contributed by atoms with van der Waals surface area (Å²) < 4.78 is 0. The van der Waals surface area contributed by atoms with E-state index in [9.17, 15) is 0 Å². The fourth-order valence-corrected chi connectivity index (χ4v) is 3.47. The lowest BCUT2D eigenvalue weighted by Crippen LogP contribution is -2.19. The molecule has 1 aliphatic rings. The minimum absolute atomic E-state index is 0.105. The molecule has 2 N–H and O–H groups in total. The van der Waals surface area contributed by atoms with Crippen molar-refractivity contribution in [3.05, 3.63) is 52.6 Å². The standard InChI is InChI=1S/C15H16ClN3S/c16-10-3-1-4-11(7-10)20-9-15-18-8-12-13(17)5-2-6-14(12)19-15/h1,3-4,7-8,13H,2,5-6,9,17H2. The normalized spacial score (nSPS) is 17.8. The van der Waals surface area contributed by atoms with Gasteiger partial charge in [0.1, 0.15) is 5.82 Å². The lowest BCUT2D eigenvalue weighted by molar-refractivity contribution is 0.554. The van der Waals surface area contributed by atoms with Crippen LogP contribution in [0.25, 0.3) is 0 Å². The highest BCUT2D eigenvalue weighted by Gasteiger charge is 2.18. The zero-order chi connectivity index (χ0) is 13.9. The smallest absolute Gasteiger partial charge is 0.138 e. The van der Waals surface area contributed by atoms with Crippen LogP contribution in [0.15, 0.2) is 35.4 Å². The fraction of sp³-hybridized carbons (Fsp3) is 0.333. The van der Waals surface area contributed by atoms with Crippen LogP contribution in [0.5, 0.6) is 0 Å². The van der Waals surface area contributed by atoms with E-state index in [-0.39, 0.29) is 6.04 Å². The third kappa shape index (κ3) is 3.14. The van der Waals surface area contributed by atoms with E-state index < -0.39 is 0 Å². The van der Waals surface area contributed by atoms with Gasteiger partial charge < -0.3 is 5.73 Å². The molecule has 1 heterocycles. The maximum absolute atomic E-state index is 6.08. The second-order valence-corrected chi connectivity index (χ2v) is 6.42. The lowest BCUT2D eigenvalue weighted by Gasteiger charge is -2.20. The van der Waals surface area contributed by atoms with Gasteiger partial charge in [-0.1, -0.05) is 17.7 Å². The van der Waals surface area contributed by atoms with Gasteiger partial charge in [-0.25, -0.2) is 9.97 Å². The Morgan fingerprint density at radius 3 is 3.15 bits per heavy atom. The molecule has 0 amide bonds. The Balaban J connectivity index is 1.72. The van der Waals surface area contributed by atoms with Crippen LogP contribution < -0.4 is 5.73 Å². The highest BCUT2D eigenvalue weighted by atomic mass is 35.5. The van der Waals surface area contributed by atoms with Gasteiger partial charge >= 0.3 is 0 Å². The summed E-state index contributed by atoms with van der Waals surface area (Å²) >= 11 is 7.68. The van der Waals surface area contributed by atoms with Crippen LogP contribution in [0.3, 0.4) is 0 Å². The minimum Gasteiger partial charge on any atom is -0.324 e. The first-order chi connectivity index (χ1) is 9.72. The molecule has 1 aromatic carbocycles. The molecule has 0 aliphatic heterocycles. The molecule has 104 valence electrons. The van der Waals surface area contributed by atoms with Gasteiger partial charge in [0, 0.05) is 33.4 Å². The summed E-state index contributed by atoms with van der Waals surface area (Å²) in [7, 11) is 0. The molecule has 3 nitrogen and oxygen atoms in total. The first-order valence-corrected chi connectivity index (χ1v) is 8.07. The van der Waals surface area contributed by atoms with E-state index in [0.717, 1.165) is 52.0 Å². The van der Waals surface area contributed by atoms with Crippen molar-refractivity contribution < 1.29 is 0 Å². The summed E-state index contributed by atoms with van der Waals surface area (Å²) in [5, 5.41) is 0.757. The monoisotopic (exact) mass is 305 g/mol. The molecule has 1 aromatic heterocycles. The lowest BCUT2D eigenvalue weighted by atomic mass is 9.93. The minimum atomic E-state index is 0.105. The number of fused-ring (bicyclic) bond motifs is 1. The average molecular weight is 306 g/mol. The van der Waals surface area contributed by atoms with E-state index >= 15 is 0 Å². The predicted octanol–water partition coefficient (Wildman–Crippen LogP) is 3.76. The number of aryl methyl sites for hydroxylation is 1. The first kappa shape index (κ1) is 13.9. The van der Waals surface area contributed by atoms with Crippen molar-refractivity contribution in [1.82, 2.24) is 9.97 Å². The Labute approximate surface area is 128 Å². The second-order valence-electron chi connectivity index (χ2n) is 4.93. The first-order valence-electron chi connectivity index (χ1n) is 6.71. The predicted molar refractivity (Wildman–Crippen MR) is 82.9 cm³/mol. The van der Waals surface area contributed by atoms with Crippen LogP contribution in [-0.2, 0) is 12.2 Å². The van der Waals surface area contributed by atoms with Crippen LogP contribution in [0.1, 0.15) is 36.0 Å². The van der Waals surface area contributed by atoms with Crippen LogP contribution in [0, 0.1) is 0 Å². The number of hydrogen-bond donors (Lipinski definition) is 1. The average Bonchev–Trinajstić information content (AvgIpc) is 2.45. The van der Waals surface area contributed by atoms with Crippen molar-refractivity contribution in [2.24, 2.45) is 5.73 Å². The highest BCUT2D eigenvalue weighted by Crippen LogP contribution is 2.28. The summed E-state index contributed by atoms with van der Waals surface area (Å²) in [6, 6.07) is 7.94. The molecular weight excluding hydrogens is 290 g/mol. The quantitative estimate of drug-likeness (QED) is 0.877. The number of benzene rings is 1. The van der Waals surface area contributed by atoms with E-state index in [2.05, 4.69) is 9.97 Å². The number of halogens is 1. The molecule has 0 saturated heterocycles. The Morgan fingerprint density at radius 2 is 2.30 bits per heavy atom. The van der Waals surface area contributed by atoms with Crippen molar-refractivity contribution in [2.45, 2.75) is 36.0 Å².